The van der Waals surface area contributed by atoms with Crippen LogP contribution in [0.3, 0.4) is 0 Å². The molecule has 0 amide bonds. The molecule has 4 heteroatoms. The highest BCUT2D eigenvalue weighted by Crippen LogP contribution is 2.12. The third kappa shape index (κ3) is 7.75. The number of ether oxygens (including phenoxy) is 1. The van der Waals surface area contributed by atoms with E-state index >= 15 is 0 Å². The maximum atomic E-state index is 11.7. The molecule has 1 aromatic rings. The summed E-state index contributed by atoms with van der Waals surface area (Å²) in [6, 6.07) is 9.74. The van der Waals surface area contributed by atoms with Gasteiger partial charge in [0.1, 0.15) is 0 Å². The molecule has 0 atom stereocenters. The van der Waals surface area contributed by atoms with Gasteiger partial charge in [0.2, 0.25) is 0 Å². The minimum atomic E-state index is -4.37. The van der Waals surface area contributed by atoms with Gasteiger partial charge in [0.05, 0.1) is 6.61 Å². The van der Waals surface area contributed by atoms with Gasteiger partial charge in [-0.2, -0.15) is 13.2 Å². The van der Waals surface area contributed by atoms with Gasteiger partial charge in [0.25, 0.3) is 0 Å². The standard InChI is InChI=1S/C14H15F3O/c15-14(16,17)10-6-1-2-7-11-18-12-13-8-4-3-5-9-13/h3-5,8-9H,1-2,7,11-12H2. The molecule has 1 rings (SSSR count). The molecule has 0 radical (unpaired) electrons. The summed E-state index contributed by atoms with van der Waals surface area (Å²) in [4.78, 5) is 0. The molecule has 0 unspecified atom stereocenters. The fraction of sp³-hybridized carbons (Fsp3) is 0.429. The van der Waals surface area contributed by atoms with Crippen LogP contribution in [-0.4, -0.2) is 12.8 Å². The van der Waals surface area contributed by atoms with Crippen molar-refractivity contribution in [1.82, 2.24) is 0 Å². The summed E-state index contributed by atoms with van der Waals surface area (Å²) < 4.78 is 40.4. The third-order valence-electron chi connectivity index (χ3n) is 2.18. The summed E-state index contributed by atoms with van der Waals surface area (Å²) in [5.74, 6) is 3.35. The van der Waals surface area contributed by atoms with Crippen LogP contribution in [0.1, 0.15) is 24.8 Å². The first kappa shape index (κ1) is 14.6. The topological polar surface area (TPSA) is 9.23 Å². The Bertz CT molecular complexity index is 387. The van der Waals surface area contributed by atoms with Crippen molar-refractivity contribution < 1.29 is 17.9 Å². The van der Waals surface area contributed by atoms with Gasteiger partial charge in [0, 0.05) is 18.9 Å². The zero-order chi connectivity index (χ0) is 13.3. The largest absolute Gasteiger partial charge is 0.457 e. The highest BCUT2D eigenvalue weighted by molar-refractivity contribution is 5.13. The van der Waals surface area contributed by atoms with Crippen molar-refractivity contribution in [2.75, 3.05) is 6.61 Å². The summed E-state index contributed by atoms with van der Waals surface area (Å²) in [6.45, 7) is 1.08. The van der Waals surface area contributed by atoms with Crippen molar-refractivity contribution >= 4 is 0 Å². The van der Waals surface area contributed by atoms with Crippen molar-refractivity contribution in [3.8, 4) is 11.8 Å². The summed E-state index contributed by atoms with van der Waals surface area (Å²) in [5, 5.41) is 0. The lowest BCUT2D eigenvalue weighted by molar-refractivity contribution is -0.0697. The number of benzene rings is 1. The molecule has 0 saturated heterocycles. The van der Waals surface area contributed by atoms with Crippen molar-refractivity contribution in [3.63, 3.8) is 0 Å². The highest BCUT2D eigenvalue weighted by Gasteiger charge is 2.22. The van der Waals surface area contributed by atoms with E-state index in [1.165, 1.54) is 5.92 Å². The number of hydrogen-bond donors (Lipinski definition) is 0. The molecule has 1 aromatic carbocycles. The van der Waals surface area contributed by atoms with Crippen LogP contribution in [0.2, 0.25) is 0 Å². The molecule has 18 heavy (non-hydrogen) atoms. The molecule has 0 bridgehead atoms. The van der Waals surface area contributed by atoms with Crippen LogP contribution in [0.4, 0.5) is 13.2 Å². The molecule has 98 valence electrons. The molecule has 0 aromatic heterocycles. The van der Waals surface area contributed by atoms with Crippen LogP contribution in [-0.2, 0) is 11.3 Å². The quantitative estimate of drug-likeness (QED) is 0.553. The predicted molar refractivity (Wildman–Crippen MR) is 63.8 cm³/mol. The Labute approximate surface area is 105 Å². The lowest BCUT2D eigenvalue weighted by Crippen LogP contribution is -2.01. The van der Waals surface area contributed by atoms with Gasteiger partial charge in [-0.25, -0.2) is 0 Å². The summed E-state index contributed by atoms with van der Waals surface area (Å²) >= 11 is 0. The van der Waals surface area contributed by atoms with Gasteiger partial charge in [0.15, 0.2) is 0 Å². The van der Waals surface area contributed by atoms with E-state index in [1.54, 1.807) is 0 Å². The molecule has 0 saturated carbocycles. The average molecular weight is 256 g/mol. The number of halogens is 3. The average Bonchev–Trinajstić information content (AvgIpc) is 2.32. The van der Waals surface area contributed by atoms with Crippen molar-refractivity contribution in [1.29, 1.82) is 0 Å². The lowest BCUT2D eigenvalue weighted by atomic mass is 10.2. The fourth-order valence-electron chi connectivity index (χ4n) is 1.34. The zero-order valence-corrected chi connectivity index (χ0v) is 9.96. The number of hydrogen-bond acceptors (Lipinski definition) is 1. The molecular formula is C14H15F3O. The second-order valence-corrected chi connectivity index (χ2v) is 3.79. The van der Waals surface area contributed by atoms with Crippen molar-refractivity contribution in [2.24, 2.45) is 0 Å². The highest BCUT2D eigenvalue weighted by atomic mass is 19.4. The minimum Gasteiger partial charge on any atom is -0.377 e. The van der Waals surface area contributed by atoms with Crippen LogP contribution < -0.4 is 0 Å². The van der Waals surface area contributed by atoms with Gasteiger partial charge in [-0.05, 0) is 18.4 Å². The second kappa shape index (κ2) is 7.78. The van der Waals surface area contributed by atoms with Crippen LogP contribution in [0, 0.1) is 11.8 Å². The van der Waals surface area contributed by atoms with E-state index < -0.39 is 6.18 Å². The van der Waals surface area contributed by atoms with E-state index in [9.17, 15) is 13.2 Å². The van der Waals surface area contributed by atoms with Crippen LogP contribution in [0.25, 0.3) is 0 Å². The molecule has 1 nitrogen and oxygen atoms in total. The summed E-state index contributed by atoms with van der Waals surface area (Å²) in [7, 11) is 0. The minimum absolute atomic E-state index is 0.258. The molecule has 0 aliphatic carbocycles. The molecule has 0 heterocycles. The Balaban J connectivity index is 2.01. The van der Waals surface area contributed by atoms with Gasteiger partial charge >= 0.3 is 6.18 Å². The lowest BCUT2D eigenvalue weighted by Gasteiger charge is -2.03. The van der Waals surface area contributed by atoms with Gasteiger partial charge < -0.3 is 4.74 Å². The van der Waals surface area contributed by atoms with Gasteiger partial charge in [-0.1, -0.05) is 36.3 Å². The van der Waals surface area contributed by atoms with E-state index in [0.29, 0.717) is 19.6 Å². The second-order valence-electron chi connectivity index (χ2n) is 3.79. The molecule has 0 spiro atoms. The Morgan fingerprint density at radius 2 is 1.78 bits per heavy atom. The summed E-state index contributed by atoms with van der Waals surface area (Å²) in [6.07, 6.45) is -2.77. The SMILES string of the molecule is FC(F)(F)C#CCCCCOCc1ccccc1. The third-order valence-corrected chi connectivity index (χ3v) is 2.18. The van der Waals surface area contributed by atoms with E-state index in [2.05, 4.69) is 5.92 Å². The Hall–Kier alpha value is -1.47. The van der Waals surface area contributed by atoms with E-state index in [1.807, 2.05) is 30.3 Å². The van der Waals surface area contributed by atoms with Crippen LogP contribution in [0.5, 0.6) is 0 Å². The maximum Gasteiger partial charge on any atom is 0.457 e. The van der Waals surface area contributed by atoms with Crippen molar-refractivity contribution in [3.05, 3.63) is 35.9 Å². The first-order valence-electron chi connectivity index (χ1n) is 5.76. The smallest absolute Gasteiger partial charge is 0.377 e. The van der Waals surface area contributed by atoms with E-state index in [0.717, 1.165) is 12.0 Å². The maximum absolute atomic E-state index is 11.7. The zero-order valence-electron chi connectivity index (χ0n) is 9.96. The Morgan fingerprint density at radius 1 is 1.06 bits per heavy atom. The Kier molecular flexibility index (Phi) is 6.31. The molecule has 0 aliphatic rings. The monoisotopic (exact) mass is 256 g/mol. The molecule has 0 fully saturated rings. The molecular weight excluding hydrogens is 241 g/mol. The summed E-state index contributed by atoms with van der Waals surface area (Å²) in [5.41, 5.74) is 1.09. The Morgan fingerprint density at radius 3 is 2.44 bits per heavy atom. The van der Waals surface area contributed by atoms with Crippen molar-refractivity contribution in [2.45, 2.75) is 32.0 Å². The van der Waals surface area contributed by atoms with E-state index in [-0.39, 0.29) is 6.42 Å². The normalized spacial score (nSPS) is 10.8. The first-order valence-corrected chi connectivity index (χ1v) is 5.76. The van der Waals surface area contributed by atoms with Gasteiger partial charge in [-0.3, -0.25) is 0 Å². The fourth-order valence-corrected chi connectivity index (χ4v) is 1.34. The van der Waals surface area contributed by atoms with Crippen LogP contribution in [0.15, 0.2) is 30.3 Å². The van der Waals surface area contributed by atoms with Crippen LogP contribution >= 0.6 is 0 Å². The number of rotatable bonds is 6. The van der Waals surface area contributed by atoms with E-state index in [4.69, 9.17) is 4.74 Å². The molecule has 0 N–H and O–H groups in total. The number of unbranched alkanes of at least 4 members (excludes halogenated alkanes) is 2. The molecule has 0 aliphatic heterocycles. The first-order chi connectivity index (χ1) is 8.58. The number of alkyl halides is 3. The van der Waals surface area contributed by atoms with Gasteiger partial charge in [-0.15, -0.1) is 0 Å². The predicted octanol–water partition coefficient (Wildman–Crippen LogP) is 3.94.